The SMILES string of the molecule is CCN(CC)C(=O)c1cn(C2CCN(c3cc(N)ncn3)CC2)nn1. The lowest BCUT2D eigenvalue weighted by atomic mass is 10.1. The molecule has 2 aromatic heterocycles. The third-order valence-electron chi connectivity index (χ3n) is 4.62. The molecule has 1 aliphatic heterocycles. The highest BCUT2D eigenvalue weighted by Crippen LogP contribution is 2.25. The smallest absolute Gasteiger partial charge is 0.276 e. The zero-order valence-corrected chi connectivity index (χ0v) is 14.7. The van der Waals surface area contributed by atoms with Crippen molar-refractivity contribution in [2.75, 3.05) is 36.8 Å². The molecule has 3 rings (SSSR count). The predicted molar refractivity (Wildman–Crippen MR) is 94.2 cm³/mol. The normalized spacial score (nSPS) is 15.4. The van der Waals surface area contributed by atoms with Crippen LogP contribution in [0.1, 0.15) is 43.2 Å². The molecule has 0 aromatic carbocycles. The molecule has 1 amide bonds. The first-order valence-electron chi connectivity index (χ1n) is 8.66. The second kappa shape index (κ2) is 7.45. The second-order valence-electron chi connectivity index (χ2n) is 6.08. The van der Waals surface area contributed by atoms with Gasteiger partial charge in [-0.2, -0.15) is 0 Å². The number of aromatic nitrogens is 5. The summed E-state index contributed by atoms with van der Waals surface area (Å²) in [4.78, 5) is 24.5. The monoisotopic (exact) mass is 344 g/mol. The summed E-state index contributed by atoms with van der Waals surface area (Å²) < 4.78 is 1.82. The minimum absolute atomic E-state index is 0.0647. The number of piperidine rings is 1. The summed E-state index contributed by atoms with van der Waals surface area (Å²) in [6, 6.07) is 2.03. The van der Waals surface area contributed by atoms with Crippen LogP contribution in [0.2, 0.25) is 0 Å². The fraction of sp³-hybridized carbons (Fsp3) is 0.562. The van der Waals surface area contributed by atoms with Gasteiger partial charge in [0.05, 0.1) is 12.2 Å². The lowest BCUT2D eigenvalue weighted by molar-refractivity contribution is 0.0767. The summed E-state index contributed by atoms with van der Waals surface area (Å²) in [5.41, 5.74) is 6.14. The fourth-order valence-corrected chi connectivity index (χ4v) is 3.12. The average molecular weight is 344 g/mol. The van der Waals surface area contributed by atoms with E-state index in [0.717, 1.165) is 31.7 Å². The van der Waals surface area contributed by atoms with Crippen LogP contribution < -0.4 is 10.6 Å². The maximum atomic E-state index is 12.3. The number of nitrogens with two attached hydrogens (primary N) is 1. The molecule has 2 N–H and O–H groups in total. The number of amides is 1. The van der Waals surface area contributed by atoms with E-state index in [1.165, 1.54) is 6.33 Å². The number of anilines is 2. The molecule has 0 bridgehead atoms. The van der Waals surface area contributed by atoms with Crippen molar-refractivity contribution in [3.05, 3.63) is 24.3 Å². The molecular weight excluding hydrogens is 320 g/mol. The molecule has 1 fully saturated rings. The van der Waals surface area contributed by atoms with E-state index in [1.807, 2.05) is 18.5 Å². The van der Waals surface area contributed by atoms with E-state index in [4.69, 9.17) is 5.73 Å². The van der Waals surface area contributed by atoms with E-state index < -0.39 is 0 Å². The zero-order chi connectivity index (χ0) is 17.8. The molecule has 0 aliphatic carbocycles. The Hall–Kier alpha value is -2.71. The predicted octanol–water partition coefficient (Wildman–Crippen LogP) is 0.974. The van der Waals surface area contributed by atoms with Gasteiger partial charge in [-0.1, -0.05) is 5.21 Å². The minimum Gasteiger partial charge on any atom is -0.384 e. The van der Waals surface area contributed by atoms with E-state index in [0.29, 0.717) is 24.6 Å². The van der Waals surface area contributed by atoms with Gasteiger partial charge in [-0.05, 0) is 26.7 Å². The standard InChI is InChI=1S/C16H24N8O/c1-3-22(4-2)16(25)13-10-24(21-20-13)12-5-7-23(8-6-12)15-9-14(17)18-11-19-15/h9-12H,3-8H2,1-2H3,(H2,17,18,19). The topological polar surface area (TPSA) is 106 Å². The minimum atomic E-state index is -0.0647. The fourth-order valence-electron chi connectivity index (χ4n) is 3.12. The van der Waals surface area contributed by atoms with Crippen molar-refractivity contribution in [2.24, 2.45) is 0 Å². The molecule has 25 heavy (non-hydrogen) atoms. The zero-order valence-electron chi connectivity index (χ0n) is 14.7. The Labute approximate surface area is 146 Å². The number of nitrogen functional groups attached to an aromatic ring is 1. The Morgan fingerprint density at radius 3 is 2.64 bits per heavy atom. The van der Waals surface area contributed by atoms with Crippen LogP contribution in [0.25, 0.3) is 0 Å². The van der Waals surface area contributed by atoms with Crippen molar-refractivity contribution < 1.29 is 4.79 Å². The number of hydrogen-bond acceptors (Lipinski definition) is 7. The van der Waals surface area contributed by atoms with Gasteiger partial charge in [0.2, 0.25) is 0 Å². The molecule has 1 aliphatic rings. The Balaban J connectivity index is 1.63. The van der Waals surface area contributed by atoms with Crippen LogP contribution in [0, 0.1) is 0 Å². The highest BCUT2D eigenvalue weighted by atomic mass is 16.2. The third kappa shape index (κ3) is 3.70. The van der Waals surface area contributed by atoms with Crippen LogP contribution in [-0.2, 0) is 0 Å². The average Bonchev–Trinajstić information content (AvgIpc) is 3.13. The first-order chi connectivity index (χ1) is 12.1. The van der Waals surface area contributed by atoms with Gasteiger partial charge < -0.3 is 15.5 Å². The van der Waals surface area contributed by atoms with Crippen molar-refractivity contribution in [1.82, 2.24) is 29.9 Å². The Morgan fingerprint density at radius 2 is 2.00 bits per heavy atom. The first kappa shape index (κ1) is 17.1. The number of hydrogen-bond donors (Lipinski definition) is 1. The van der Waals surface area contributed by atoms with E-state index in [2.05, 4.69) is 25.2 Å². The van der Waals surface area contributed by atoms with Gasteiger partial charge in [0.25, 0.3) is 5.91 Å². The molecule has 0 unspecified atom stereocenters. The van der Waals surface area contributed by atoms with Gasteiger partial charge in [-0.15, -0.1) is 5.10 Å². The first-order valence-corrected chi connectivity index (χ1v) is 8.66. The molecule has 134 valence electrons. The lowest BCUT2D eigenvalue weighted by Crippen LogP contribution is -2.35. The molecular formula is C16H24N8O. The Kier molecular flexibility index (Phi) is 5.11. The second-order valence-corrected chi connectivity index (χ2v) is 6.08. The molecule has 9 nitrogen and oxygen atoms in total. The molecule has 0 atom stereocenters. The molecule has 3 heterocycles. The van der Waals surface area contributed by atoms with Gasteiger partial charge in [0.15, 0.2) is 5.69 Å². The van der Waals surface area contributed by atoms with Crippen LogP contribution in [-0.4, -0.2) is 61.9 Å². The maximum Gasteiger partial charge on any atom is 0.276 e. The van der Waals surface area contributed by atoms with E-state index in [9.17, 15) is 4.79 Å². The van der Waals surface area contributed by atoms with Crippen LogP contribution in [0.5, 0.6) is 0 Å². The molecule has 9 heteroatoms. The number of carbonyl (C=O) groups excluding carboxylic acids is 1. The molecule has 0 saturated carbocycles. The summed E-state index contributed by atoms with van der Waals surface area (Å²) in [6.07, 6.45) is 5.07. The molecule has 2 aromatic rings. The van der Waals surface area contributed by atoms with Crippen LogP contribution >= 0.6 is 0 Å². The van der Waals surface area contributed by atoms with Crippen LogP contribution in [0.3, 0.4) is 0 Å². The van der Waals surface area contributed by atoms with Gasteiger partial charge in [0.1, 0.15) is 18.0 Å². The van der Waals surface area contributed by atoms with Crippen LogP contribution in [0.4, 0.5) is 11.6 Å². The molecule has 0 radical (unpaired) electrons. The van der Waals surface area contributed by atoms with Crippen molar-refractivity contribution in [3.63, 3.8) is 0 Å². The van der Waals surface area contributed by atoms with Gasteiger partial charge in [0, 0.05) is 32.2 Å². The number of carbonyl (C=O) groups is 1. The highest BCUT2D eigenvalue weighted by Gasteiger charge is 2.24. The summed E-state index contributed by atoms with van der Waals surface area (Å²) in [5, 5.41) is 8.25. The quantitative estimate of drug-likeness (QED) is 0.861. The number of nitrogens with zero attached hydrogens (tertiary/aromatic N) is 7. The Bertz CT molecular complexity index is 718. The Morgan fingerprint density at radius 1 is 1.28 bits per heavy atom. The highest BCUT2D eigenvalue weighted by molar-refractivity contribution is 5.91. The molecule has 0 spiro atoms. The van der Waals surface area contributed by atoms with E-state index >= 15 is 0 Å². The maximum absolute atomic E-state index is 12.3. The van der Waals surface area contributed by atoms with Crippen molar-refractivity contribution in [1.29, 1.82) is 0 Å². The summed E-state index contributed by atoms with van der Waals surface area (Å²) in [6.45, 7) is 6.95. The van der Waals surface area contributed by atoms with E-state index in [-0.39, 0.29) is 11.9 Å². The largest absolute Gasteiger partial charge is 0.384 e. The summed E-state index contributed by atoms with van der Waals surface area (Å²) >= 11 is 0. The summed E-state index contributed by atoms with van der Waals surface area (Å²) in [5.74, 6) is 1.26. The van der Waals surface area contributed by atoms with Gasteiger partial charge in [-0.3, -0.25) is 4.79 Å². The van der Waals surface area contributed by atoms with Crippen molar-refractivity contribution >= 4 is 17.5 Å². The van der Waals surface area contributed by atoms with Gasteiger partial charge >= 0.3 is 0 Å². The van der Waals surface area contributed by atoms with Crippen molar-refractivity contribution in [3.8, 4) is 0 Å². The molecule has 1 saturated heterocycles. The summed E-state index contributed by atoms with van der Waals surface area (Å²) in [7, 11) is 0. The van der Waals surface area contributed by atoms with Gasteiger partial charge in [-0.25, -0.2) is 14.6 Å². The van der Waals surface area contributed by atoms with E-state index in [1.54, 1.807) is 17.2 Å². The van der Waals surface area contributed by atoms with Crippen LogP contribution in [0.15, 0.2) is 18.6 Å². The third-order valence-corrected chi connectivity index (χ3v) is 4.62. The lowest BCUT2D eigenvalue weighted by Gasteiger charge is -2.32. The van der Waals surface area contributed by atoms with Crippen molar-refractivity contribution in [2.45, 2.75) is 32.7 Å². The number of rotatable bonds is 5.